The van der Waals surface area contributed by atoms with E-state index in [2.05, 4.69) is 4.99 Å². The first-order valence-electron chi connectivity index (χ1n) is 8.86. The second-order valence-electron chi connectivity index (χ2n) is 6.29. The molecule has 0 atom stereocenters. The van der Waals surface area contributed by atoms with E-state index in [1.165, 1.54) is 28.8 Å². The smallest absolute Gasteiger partial charge is 0.326 e. The van der Waals surface area contributed by atoms with Gasteiger partial charge < -0.3 is 9.30 Å². The van der Waals surface area contributed by atoms with E-state index in [4.69, 9.17) is 21.5 Å². The number of thiazole rings is 1. The van der Waals surface area contributed by atoms with E-state index in [1.54, 1.807) is 6.92 Å². The molecule has 3 rings (SSSR count). The number of fused-ring (bicyclic) bond motifs is 1. The average Bonchev–Trinajstić information content (AvgIpc) is 3.03. The summed E-state index contributed by atoms with van der Waals surface area (Å²) in [6.07, 6.45) is 0. The molecule has 0 saturated heterocycles. The molecular weight excluding hydrogens is 484 g/mol. The van der Waals surface area contributed by atoms with Crippen LogP contribution in [0.2, 0.25) is 5.02 Å². The van der Waals surface area contributed by atoms with E-state index < -0.39 is 26.8 Å². The zero-order valence-corrected chi connectivity index (χ0v) is 18.7. The Hall–Kier alpha value is -3.13. The Labute approximate surface area is 189 Å². The number of hydrogen-bond donors (Lipinski definition) is 1. The first-order chi connectivity index (χ1) is 15.0. The molecule has 0 bridgehead atoms. The number of benzene rings is 2. The number of nitro benzene ring substituents is 1. The fourth-order valence-electron chi connectivity index (χ4n) is 2.74. The minimum atomic E-state index is -3.99. The highest BCUT2D eigenvalue weighted by molar-refractivity contribution is 7.89. The van der Waals surface area contributed by atoms with Crippen LogP contribution in [0.3, 0.4) is 0 Å². The fourth-order valence-corrected chi connectivity index (χ4v) is 4.62. The van der Waals surface area contributed by atoms with E-state index in [1.807, 2.05) is 0 Å². The van der Waals surface area contributed by atoms with Crippen LogP contribution in [0.4, 0.5) is 5.69 Å². The van der Waals surface area contributed by atoms with E-state index in [9.17, 15) is 28.1 Å². The number of carbonyl (C=O) groups excluding carboxylic acids is 2. The minimum Gasteiger partial charge on any atom is -0.465 e. The Kier molecular flexibility index (Phi) is 6.74. The number of carbonyl (C=O) groups is 2. The summed E-state index contributed by atoms with van der Waals surface area (Å²) in [7, 11) is -3.99. The van der Waals surface area contributed by atoms with Gasteiger partial charge in [-0.2, -0.15) is 4.99 Å². The van der Waals surface area contributed by atoms with Gasteiger partial charge in [-0.15, -0.1) is 0 Å². The van der Waals surface area contributed by atoms with E-state index in [-0.39, 0.29) is 39.1 Å². The number of primary sulfonamides is 1. The number of esters is 1. The molecular formula is C18H15ClN4O7S2. The second-order valence-corrected chi connectivity index (χ2v) is 9.27. The maximum absolute atomic E-state index is 12.8. The third-order valence-electron chi connectivity index (χ3n) is 4.16. The highest BCUT2D eigenvalue weighted by Gasteiger charge is 2.18. The van der Waals surface area contributed by atoms with Gasteiger partial charge in [0.25, 0.3) is 11.6 Å². The summed E-state index contributed by atoms with van der Waals surface area (Å²) in [5, 5.41) is 16.2. The molecule has 0 aliphatic carbocycles. The Morgan fingerprint density at radius 3 is 2.62 bits per heavy atom. The number of rotatable bonds is 6. The number of hydrogen-bond acceptors (Lipinski definition) is 8. The topological polar surface area (TPSA) is 164 Å². The van der Waals surface area contributed by atoms with Crippen LogP contribution in [-0.2, 0) is 26.1 Å². The number of non-ortho nitro benzene ring substituents is 1. The molecule has 0 fully saturated rings. The van der Waals surface area contributed by atoms with Crippen molar-refractivity contribution >= 4 is 60.7 Å². The molecule has 1 aromatic heterocycles. The summed E-state index contributed by atoms with van der Waals surface area (Å²) in [5.41, 5.74) is -0.139. The molecule has 3 aromatic rings. The standard InChI is InChI=1S/C18H15ClN4O7S2/c1-2-30-16(24)9-22-14-6-4-11(32(20,28)29)8-15(14)31-18(22)21-17(25)12-7-10(23(26)27)3-5-13(12)19/h3-8H,2,9H2,1H3,(H2,20,28,29). The molecule has 0 saturated carbocycles. The lowest BCUT2D eigenvalue weighted by molar-refractivity contribution is -0.384. The van der Waals surface area contributed by atoms with Crippen LogP contribution < -0.4 is 9.94 Å². The number of amides is 1. The van der Waals surface area contributed by atoms with Crippen LogP contribution in [0.5, 0.6) is 0 Å². The van der Waals surface area contributed by atoms with Crippen LogP contribution in [0.15, 0.2) is 46.3 Å². The highest BCUT2D eigenvalue weighted by atomic mass is 35.5. The number of aromatic nitrogens is 1. The molecule has 11 nitrogen and oxygen atoms in total. The van der Waals surface area contributed by atoms with Crippen molar-refractivity contribution in [2.45, 2.75) is 18.4 Å². The molecule has 2 N–H and O–H groups in total. The molecule has 32 heavy (non-hydrogen) atoms. The van der Waals surface area contributed by atoms with E-state index in [0.29, 0.717) is 10.2 Å². The van der Waals surface area contributed by atoms with Crippen LogP contribution in [0.25, 0.3) is 10.2 Å². The molecule has 0 unspecified atom stereocenters. The van der Waals surface area contributed by atoms with Crippen molar-refractivity contribution in [3.63, 3.8) is 0 Å². The van der Waals surface area contributed by atoms with Crippen molar-refractivity contribution < 1.29 is 27.7 Å². The maximum Gasteiger partial charge on any atom is 0.326 e. The maximum atomic E-state index is 12.8. The number of nitrogens with two attached hydrogens (primary N) is 1. The second kappa shape index (κ2) is 9.16. The summed E-state index contributed by atoms with van der Waals surface area (Å²) >= 11 is 6.94. The molecule has 0 spiro atoms. The first-order valence-corrected chi connectivity index (χ1v) is 11.6. The molecule has 2 aromatic carbocycles. The molecule has 14 heteroatoms. The molecule has 0 radical (unpaired) electrons. The Balaban J connectivity index is 2.20. The normalized spacial score (nSPS) is 12.2. The van der Waals surface area contributed by atoms with Crippen LogP contribution >= 0.6 is 22.9 Å². The number of ether oxygens (including phenoxy) is 1. The fraction of sp³-hybridized carbons (Fsp3) is 0.167. The number of sulfonamides is 1. The molecule has 168 valence electrons. The third kappa shape index (κ3) is 5.02. The van der Waals surface area contributed by atoms with Gasteiger partial charge >= 0.3 is 5.97 Å². The quantitative estimate of drug-likeness (QED) is 0.309. The van der Waals surface area contributed by atoms with Crippen LogP contribution in [0.1, 0.15) is 17.3 Å². The summed E-state index contributed by atoms with van der Waals surface area (Å²) < 4.78 is 30.1. The van der Waals surface area contributed by atoms with Crippen molar-refractivity contribution in [1.82, 2.24) is 4.57 Å². The lowest BCUT2D eigenvalue weighted by Gasteiger charge is -2.06. The number of nitrogens with zero attached hydrogens (tertiary/aromatic N) is 3. The SMILES string of the molecule is CCOC(=O)Cn1c(=NC(=O)c2cc([N+](=O)[O-])ccc2Cl)sc2cc(S(N)(=O)=O)ccc21. The summed E-state index contributed by atoms with van der Waals surface area (Å²) in [4.78, 5) is 39.0. The van der Waals surface area contributed by atoms with E-state index >= 15 is 0 Å². The van der Waals surface area contributed by atoms with Gasteiger partial charge in [0.05, 0.1) is 37.2 Å². The van der Waals surface area contributed by atoms with Crippen LogP contribution in [0, 0.1) is 10.1 Å². The first kappa shape index (κ1) is 23.5. The van der Waals surface area contributed by atoms with Crippen LogP contribution in [-0.4, -0.2) is 36.4 Å². The lowest BCUT2D eigenvalue weighted by Crippen LogP contribution is -2.23. The van der Waals surface area contributed by atoms with E-state index in [0.717, 1.165) is 23.5 Å². The highest BCUT2D eigenvalue weighted by Crippen LogP contribution is 2.24. The lowest BCUT2D eigenvalue weighted by atomic mass is 10.2. The summed E-state index contributed by atoms with van der Waals surface area (Å²) in [6, 6.07) is 7.33. The van der Waals surface area contributed by atoms with Crippen molar-refractivity contribution in [1.29, 1.82) is 0 Å². The number of halogens is 1. The average molecular weight is 499 g/mol. The van der Waals surface area contributed by atoms with Crippen molar-refractivity contribution in [2.75, 3.05) is 6.61 Å². The van der Waals surface area contributed by atoms with Gasteiger partial charge in [-0.05, 0) is 31.2 Å². The monoisotopic (exact) mass is 498 g/mol. The summed E-state index contributed by atoms with van der Waals surface area (Å²) in [6.45, 7) is 1.45. The molecule has 1 amide bonds. The Morgan fingerprint density at radius 2 is 2.00 bits per heavy atom. The minimum absolute atomic E-state index is 0.0344. The summed E-state index contributed by atoms with van der Waals surface area (Å²) in [5.74, 6) is -1.49. The van der Waals surface area contributed by atoms with Gasteiger partial charge in [0.1, 0.15) is 6.54 Å². The predicted molar refractivity (Wildman–Crippen MR) is 116 cm³/mol. The Morgan fingerprint density at radius 1 is 1.28 bits per heavy atom. The third-order valence-corrected chi connectivity index (χ3v) is 6.45. The van der Waals surface area contributed by atoms with Gasteiger partial charge in [-0.25, -0.2) is 13.6 Å². The Bertz CT molecular complexity index is 1430. The van der Waals surface area contributed by atoms with Gasteiger partial charge in [-0.1, -0.05) is 22.9 Å². The zero-order valence-electron chi connectivity index (χ0n) is 16.3. The van der Waals surface area contributed by atoms with Gasteiger partial charge in [-0.3, -0.25) is 19.7 Å². The van der Waals surface area contributed by atoms with Gasteiger partial charge in [0.15, 0.2) is 4.80 Å². The molecule has 0 aliphatic rings. The van der Waals surface area contributed by atoms with Crippen molar-refractivity contribution in [3.8, 4) is 0 Å². The van der Waals surface area contributed by atoms with Crippen molar-refractivity contribution in [3.05, 3.63) is 61.9 Å². The largest absolute Gasteiger partial charge is 0.465 e. The van der Waals surface area contributed by atoms with Gasteiger partial charge in [0, 0.05) is 12.1 Å². The predicted octanol–water partition coefficient (Wildman–Crippen LogP) is 2.22. The van der Waals surface area contributed by atoms with Crippen molar-refractivity contribution in [2.24, 2.45) is 10.1 Å². The van der Waals surface area contributed by atoms with Gasteiger partial charge in [0.2, 0.25) is 10.0 Å². The molecule has 0 aliphatic heterocycles. The molecule has 1 heterocycles. The number of nitro groups is 1. The zero-order chi connectivity index (χ0) is 23.6.